The lowest BCUT2D eigenvalue weighted by molar-refractivity contribution is 0.0627. The van der Waals surface area contributed by atoms with Crippen molar-refractivity contribution in [3.8, 4) is 17.2 Å². The minimum atomic E-state index is -0.458. The lowest BCUT2D eigenvalue weighted by atomic mass is 9.64. The molecule has 116 valence electrons. The summed E-state index contributed by atoms with van der Waals surface area (Å²) in [6.07, 6.45) is 5.57. The van der Waals surface area contributed by atoms with E-state index < -0.39 is 6.10 Å². The molecule has 4 atom stereocenters. The molecule has 3 heterocycles. The van der Waals surface area contributed by atoms with Crippen LogP contribution in [-0.2, 0) is 12.0 Å². The molecule has 5 heteroatoms. The number of methoxy groups -OCH3 is 1. The average Bonchev–Trinajstić information content (AvgIpc) is 3.09. The average molecular weight is 301 g/mol. The zero-order chi connectivity index (χ0) is 14.9. The van der Waals surface area contributed by atoms with E-state index in [-0.39, 0.29) is 12.2 Å². The number of rotatable bonds is 1. The molecule has 0 saturated carbocycles. The molecule has 1 saturated heterocycles. The topological polar surface area (TPSA) is 51.2 Å². The second-order valence-corrected chi connectivity index (χ2v) is 6.56. The van der Waals surface area contributed by atoms with Gasteiger partial charge in [-0.15, -0.1) is 0 Å². The van der Waals surface area contributed by atoms with Crippen molar-refractivity contribution in [2.24, 2.45) is 0 Å². The molecule has 5 rings (SSSR count). The van der Waals surface area contributed by atoms with Crippen LogP contribution >= 0.6 is 0 Å². The van der Waals surface area contributed by atoms with Crippen LogP contribution in [-0.4, -0.2) is 42.6 Å². The number of hydrogen-bond acceptors (Lipinski definition) is 5. The Kier molecular flexibility index (Phi) is 2.43. The van der Waals surface area contributed by atoms with Gasteiger partial charge in [-0.3, -0.25) is 4.90 Å². The number of ether oxygens (including phenoxy) is 3. The molecular weight excluding hydrogens is 282 g/mol. The third-order valence-corrected chi connectivity index (χ3v) is 5.84. The molecular formula is C17H19NO4. The lowest BCUT2D eigenvalue weighted by Crippen LogP contribution is -2.54. The molecule has 5 nitrogen and oxygen atoms in total. The molecule has 2 unspecified atom stereocenters. The maximum absolute atomic E-state index is 10.8. The SMILES string of the molecule is COc1c2c(cc3c1OCO3)[C@@]13CCN(C2)[C@@H]1CC=CC3O. The number of fused-ring (bicyclic) bond motifs is 2. The third kappa shape index (κ3) is 1.32. The highest BCUT2D eigenvalue weighted by Crippen LogP contribution is 2.57. The first-order valence-electron chi connectivity index (χ1n) is 7.84. The fraction of sp³-hybridized carbons (Fsp3) is 0.529. The van der Waals surface area contributed by atoms with E-state index in [9.17, 15) is 5.11 Å². The van der Waals surface area contributed by atoms with Crippen molar-refractivity contribution in [1.82, 2.24) is 4.90 Å². The summed E-state index contributed by atoms with van der Waals surface area (Å²) in [4.78, 5) is 2.47. The first-order valence-corrected chi connectivity index (χ1v) is 7.84. The molecule has 1 N–H and O–H groups in total. The Morgan fingerprint density at radius 3 is 3.18 bits per heavy atom. The fourth-order valence-electron chi connectivity index (χ4n) is 4.89. The number of aliphatic hydroxyl groups excluding tert-OH is 1. The summed E-state index contributed by atoms with van der Waals surface area (Å²) in [5.41, 5.74) is 2.09. The Morgan fingerprint density at radius 1 is 1.41 bits per heavy atom. The van der Waals surface area contributed by atoms with Crippen LogP contribution in [0.25, 0.3) is 0 Å². The predicted octanol–water partition coefficient (Wildman–Crippen LogP) is 1.57. The molecule has 1 aliphatic carbocycles. The van der Waals surface area contributed by atoms with Gasteiger partial charge in [-0.25, -0.2) is 0 Å². The Bertz CT molecular complexity index is 686. The monoisotopic (exact) mass is 301 g/mol. The Hall–Kier alpha value is -1.72. The van der Waals surface area contributed by atoms with Crippen molar-refractivity contribution in [2.45, 2.75) is 36.9 Å². The van der Waals surface area contributed by atoms with Gasteiger partial charge in [-0.1, -0.05) is 12.2 Å². The summed E-state index contributed by atoms with van der Waals surface area (Å²) in [7, 11) is 1.68. The second-order valence-electron chi connectivity index (χ2n) is 6.56. The van der Waals surface area contributed by atoms with E-state index in [4.69, 9.17) is 14.2 Å². The lowest BCUT2D eigenvalue weighted by Gasteiger charge is -2.47. The summed E-state index contributed by atoms with van der Waals surface area (Å²) in [6, 6.07) is 2.45. The molecule has 0 radical (unpaired) electrons. The molecule has 1 aromatic rings. The van der Waals surface area contributed by atoms with Crippen LogP contribution in [0.3, 0.4) is 0 Å². The van der Waals surface area contributed by atoms with E-state index >= 15 is 0 Å². The first kappa shape index (κ1) is 12.8. The highest BCUT2D eigenvalue weighted by Gasteiger charge is 2.57. The third-order valence-electron chi connectivity index (χ3n) is 5.84. The highest BCUT2D eigenvalue weighted by molar-refractivity contribution is 5.64. The Morgan fingerprint density at radius 2 is 2.32 bits per heavy atom. The van der Waals surface area contributed by atoms with E-state index in [1.807, 2.05) is 6.08 Å². The van der Waals surface area contributed by atoms with Gasteiger partial charge < -0.3 is 19.3 Å². The van der Waals surface area contributed by atoms with Crippen molar-refractivity contribution in [1.29, 1.82) is 0 Å². The largest absolute Gasteiger partial charge is 0.492 e. The van der Waals surface area contributed by atoms with Crippen LogP contribution in [0.15, 0.2) is 18.2 Å². The fourth-order valence-corrected chi connectivity index (χ4v) is 4.89. The van der Waals surface area contributed by atoms with Crippen LogP contribution < -0.4 is 14.2 Å². The van der Waals surface area contributed by atoms with E-state index in [2.05, 4.69) is 17.0 Å². The maximum Gasteiger partial charge on any atom is 0.231 e. The number of aliphatic hydroxyl groups is 1. The summed E-state index contributed by atoms with van der Waals surface area (Å²) in [6.45, 7) is 2.09. The second kappa shape index (κ2) is 4.18. The molecule has 1 aromatic carbocycles. The van der Waals surface area contributed by atoms with Gasteiger partial charge in [0.2, 0.25) is 12.5 Å². The molecule has 1 fully saturated rings. The molecule has 22 heavy (non-hydrogen) atoms. The van der Waals surface area contributed by atoms with Crippen molar-refractivity contribution < 1.29 is 19.3 Å². The quantitative estimate of drug-likeness (QED) is 0.798. The zero-order valence-electron chi connectivity index (χ0n) is 12.5. The van der Waals surface area contributed by atoms with Gasteiger partial charge in [0.1, 0.15) is 0 Å². The van der Waals surface area contributed by atoms with Gasteiger partial charge >= 0.3 is 0 Å². The van der Waals surface area contributed by atoms with Crippen LogP contribution in [0.5, 0.6) is 17.2 Å². The van der Waals surface area contributed by atoms with Crippen molar-refractivity contribution in [3.05, 3.63) is 29.3 Å². The standard InChI is InChI=1S/C17H19NO4/c1-20-15-10-8-18-6-5-17(13(18)3-2-4-14(17)19)11(10)7-12-16(15)22-9-21-12/h2,4,7,13-14,19H,3,5-6,8-9H2,1H3/t13-,14?,17+/m1/s1. The van der Waals surface area contributed by atoms with Gasteiger partial charge in [0, 0.05) is 23.6 Å². The smallest absolute Gasteiger partial charge is 0.231 e. The normalized spacial score (nSPS) is 36.9. The van der Waals surface area contributed by atoms with Crippen LogP contribution in [0, 0.1) is 0 Å². The van der Waals surface area contributed by atoms with Gasteiger partial charge in [0.25, 0.3) is 0 Å². The van der Waals surface area contributed by atoms with E-state index in [0.29, 0.717) is 11.8 Å². The summed E-state index contributed by atoms with van der Waals surface area (Å²) in [5, 5.41) is 10.8. The van der Waals surface area contributed by atoms with Gasteiger partial charge in [0.15, 0.2) is 11.5 Å². The number of hydrogen-bond donors (Lipinski definition) is 1. The van der Waals surface area contributed by atoms with E-state index in [1.165, 1.54) is 5.56 Å². The van der Waals surface area contributed by atoms with Crippen molar-refractivity contribution >= 4 is 0 Å². The van der Waals surface area contributed by atoms with Crippen molar-refractivity contribution in [3.63, 3.8) is 0 Å². The number of nitrogens with zero attached hydrogens (tertiary/aromatic N) is 1. The van der Waals surface area contributed by atoms with E-state index in [1.54, 1.807) is 7.11 Å². The van der Waals surface area contributed by atoms with Gasteiger partial charge in [-0.2, -0.15) is 0 Å². The van der Waals surface area contributed by atoms with Crippen LogP contribution in [0.1, 0.15) is 24.0 Å². The summed E-state index contributed by atoms with van der Waals surface area (Å²) in [5.74, 6) is 2.22. The van der Waals surface area contributed by atoms with Crippen LogP contribution in [0.4, 0.5) is 0 Å². The van der Waals surface area contributed by atoms with Gasteiger partial charge in [-0.05, 0) is 31.0 Å². The van der Waals surface area contributed by atoms with Gasteiger partial charge in [0.05, 0.1) is 13.2 Å². The van der Waals surface area contributed by atoms with Crippen LogP contribution in [0.2, 0.25) is 0 Å². The first-order chi connectivity index (χ1) is 10.8. The Balaban J connectivity index is 1.80. The molecule has 0 aromatic heterocycles. The predicted molar refractivity (Wildman–Crippen MR) is 79.4 cm³/mol. The maximum atomic E-state index is 10.8. The zero-order valence-corrected chi connectivity index (χ0v) is 12.5. The van der Waals surface area contributed by atoms with E-state index in [0.717, 1.165) is 43.0 Å². The van der Waals surface area contributed by atoms with Crippen molar-refractivity contribution in [2.75, 3.05) is 20.4 Å². The summed E-state index contributed by atoms with van der Waals surface area (Å²) >= 11 is 0. The molecule has 0 spiro atoms. The minimum Gasteiger partial charge on any atom is -0.492 e. The molecule has 2 bridgehead atoms. The highest BCUT2D eigenvalue weighted by atomic mass is 16.7. The summed E-state index contributed by atoms with van der Waals surface area (Å²) < 4.78 is 16.9. The molecule has 4 aliphatic rings. The molecule has 0 amide bonds. The minimum absolute atomic E-state index is 0.233. The Labute approximate surface area is 129 Å². The number of benzene rings is 1. The molecule has 3 aliphatic heterocycles.